The summed E-state index contributed by atoms with van der Waals surface area (Å²) >= 11 is 0. The van der Waals surface area contributed by atoms with Gasteiger partial charge in [0.1, 0.15) is 5.82 Å². The van der Waals surface area contributed by atoms with Crippen molar-refractivity contribution in [1.82, 2.24) is 9.97 Å². The Morgan fingerprint density at radius 1 is 1.29 bits per heavy atom. The highest BCUT2D eigenvalue weighted by molar-refractivity contribution is 6.15. The van der Waals surface area contributed by atoms with Gasteiger partial charge in [-0.05, 0) is 25.1 Å². The van der Waals surface area contributed by atoms with Crippen molar-refractivity contribution in [3.05, 3.63) is 41.7 Å². The smallest absolute Gasteiger partial charge is 0.225 e. The Hall–Kier alpha value is -2.67. The normalized spacial score (nSPS) is 14.5. The zero-order valence-corrected chi connectivity index (χ0v) is 13.7. The maximum Gasteiger partial charge on any atom is 0.225 e. The lowest BCUT2D eigenvalue weighted by molar-refractivity contribution is 0.122. The molecule has 0 spiro atoms. The molecule has 0 bridgehead atoms. The minimum absolute atomic E-state index is 0.279. The number of anilines is 2. The van der Waals surface area contributed by atoms with Gasteiger partial charge in [0, 0.05) is 36.7 Å². The highest BCUT2D eigenvalue weighted by atomic mass is 16.5. The van der Waals surface area contributed by atoms with Gasteiger partial charge >= 0.3 is 0 Å². The van der Waals surface area contributed by atoms with Crippen LogP contribution in [0.2, 0.25) is 0 Å². The van der Waals surface area contributed by atoms with E-state index in [9.17, 15) is 0 Å². The topological polar surface area (TPSA) is 97.4 Å². The van der Waals surface area contributed by atoms with Crippen molar-refractivity contribution in [3.8, 4) is 5.88 Å². The molecule has 0 aliphatic carbocycles. The van der Waals surface area contributed by atoms with Gasteiger partial charge in [-0.15, -0.1) is 0 Å². The summed E-state index contributed by atoms with van der Waals surface area (Å²) in [4.78, 5) is 10.8. The first-order chi connectivity index (χ1) is 11.7. The van der Waals surface area contributed by atoms with Gasteiger partial charge in [-0.2, -0.15) is 0 Å². The molecule has 1 aliphatic heterocycles. The summed E-state index contributed by atoms with van der Waals surface area (Å²) in [6, 6.07) is 5.38. The second-order valence-electron chi connectivity index (χ2n) is 5.39. The number of hydrogen-bond acceptors (Lipinski definition) is 7. The molecule has 7 heteroatoms. The summed E-state index contributed by atoms with van der Waals surface area (Å²) in [6.07, 6.45) is 3.30. The predicted molar refractivity (Wildman–Crippen MR) is 93.0 cm³/mol. The summed E-state index contributed by atoms with van der Waals surface area (Å²) in [7, 11) is 0. The van der Waals surface area contributed by atoms with Crippen molar-refractivity contribution in [2.45, 2.75) is 6.92 Å². The fraction of sp³-hybridized carbons (Fsp3) is 0.353. The van der Waals surface area contributed by atoms with Crippen LogP contribution in [0.25, 0.3) is 0 Å². The van der Waals surface area contributed by atoms with Gasteiger partial charge < -0.3 is 20.1 Å². The van der Waals surface area contributed by atoms with E-state index in [0.717, 1.165) is 24.5 Å². The monoisotopic (exact) mass is 327 g/mol. The average Bonchev–Trinajstić information content (AvgIpc) is 2.63. The van der Waals surface area contributed by atoms with E-state index in [4.69, 9.17) is 20.6 Å². The molecule has 0 aromatic carbocycles. The molecule has 126 valence electrons. The third-order valence-electron chi connectivity index (χ3n) is 3.85. The molecule has 0 atom stereocenters. The number of aromatic nitrogens is 2. The molecule has 0 unspecified atom stereocenters. The van der Waals surface area contributed by atoms with E-state index in [-0.39, 0.29) is 5.71 Å². The first kappa shape index (κ1) is 16.2. The van der Waals surface area contributed by atoms with E-state index in [1.54, 1.807) is 24.5 Å². The molecule has 0 amide bonds. The summed E-state index contributed by atoms with van der Waals surface area (Å²) < 4.78 is 10.9. The Kier molecular flexibility index (Phi) is 4.90. The second-order valence-corrected chi connectivity index (χ2v) is 5.39. The van der Waals surface area contributed by atoms with Crippen LogP contribution in [0, 0.1) is 5.41 Å². The van der Waals surface area contributed by atoms with Gasteiger partial charge in [0.05, 0.1) is 31.1 Å². The third kappa shape index (κ3) is 3.30. The summed E-state index contributed by atoms with van der Waals surface area (Å²) in [5.74, 6) is 1.22. The Labute approximate surface area is 140 Å². The Bertz CT molecular complexity index is 729. The van der Waals surface area contributed by atoms with Crippen LogP contribution in [0.3, 0.4) is 0 Å². The van der Waals surface area contributed by atoms with E-state index >= 15 is 0 Å². The first-order valence-electron chi connectivity index (χ1n) is 7.96. The van der Waals surface area contributed by atoms with Crippen LogP contribution in [0.4, 0.5) is 11.5 Å². The quantitative estimate of drug-likeness (QED) is 0.811. The molecular weight excluding hydrogens is 306 g/mol. The van der Waals surface area contributed by atoms with E-state index < -0.39 is 0 Å². The average molecular weight is 327 g/mol. The van der Waals surface area contributed by atoms with Crippen molar-refractivity contribution < 1.29 is 9.47 Å². The van der Waals surface area contributed by atoms with Crippen LogP contribution in [-0.4, -0.2) is 48.6 Å². The number of rotatable bonds is 5. The van der Waals surface area contributed by atoms with Crippen LogP contribution in [-0.2, 0) is 4.74 Å². The maximum atomic E-state index is 8.57. The highest BCUT2D eigenvalue weighted by Gasteiger charge is 2.18. The number of ether oxygens (including phenoxy) is 2. The zero-order valence-electron chi connectivity index (χ0n) is 13.7. The summed E-state index contributed by atoms with van der Waals surface area (Å²) in [6.45, 7) is 5.31. The highest BCUT2D eigenvalue weighted by Crippen LogP contribution is 2.26. The van der Waals surface area contributed by atoms with Crippen molar-refractivity contribution in [2.24, 2.45) is 0 Å². The largest absolute Gasteiger partial charge is 0.477 e. The number of hydrogen-bond donors (Lipinski definition) is 2. The number of morpholine rings is 1. The SMILES string of the molecule is CCOc1nccc(N)c1C(=N)c1ccnc(N2CCOCC2)c1. The van der Waals surface area contributed by atoms with Crippen LogP contribution in [0.5, 0.6) is 5.88 Å². The molecule has 0 radical (unpaired) electrons. The molecule has 0 saturated carbocycles. The van der Waals surface area contributed by atoms with Crippen molar-refractivity contribution in [3.63, 3.8) is 0 Å². The van der Waals surface area contributed by atoms with Crippen LogP contribution < -0.4 is 15.4 Å². The number of nitrogens with zero attached hydrogens (tertiary/aromatic N) is 3. The fourth-order valence-corrected chi connectivity index (χ4v) is 2.64. The van der Waals surface area contributed by atoms with Gasteiger partial charge in [0.15, 0.2) is 0 Å². The predicted octanol–water partition coefficient (Wildman–Crippen LogP) is 1.71. The summed E-state index contributed by atoms with van der Waals surface area (Å²) in [5, 5.41) is 8.57. The lowest BCUT2D eigenvalue weighted by atomic mass is 10.0. The van der Waals surface area contributed by atoms with Crippen LogP contribution in [0.15, 0.2) is 30.6 Å². The van der Waals surface area contributed by atoms with Gasteiger partial charge in [0.2, 0.25) is 5.88 Å². The third-order valence-corrected chi connectivity index (χ3v) is 3.85. The number of pyridine rings is 2. The van der Waals surface area contributed by atoms with Crippen molar-refractivity contribution in [2.75, 3.05) is 43.5 Å². The molecule has 3 heterocycles. The molecule has 7 nitrogen and oxygen atoms in total. The van der Waals surface area contributed by atoms with Crippen molar-refractivity contribution >= 4 is 17.2 Å². The molecule has 3 N–H and O–H groups in total. The Balaban J connectivity index is 1.93. The molecule has 3 rings (SSSR count). The second kappa shape index (κ2) is 7.27. The van der Waals surface area contributed by atoms with Crippen LogP contribution in [0.1, 0.15) is 18.1 Å². The van der Waals surface area contributed by atoms with Crippen molar-refractivity contribution in [1.29, 1.82) is 5.41 Å². The Morgan fingerprint density at radius 2 is 2.04 bits per heavy atom. The molecule has 2 aromatic rings. The van der Waals surface area contributed by atoms with E-state index in [1.165, 1.54) is 0 Å². The Morgan fingerprint density at radius 3 is 2.79 bits per heavy atom. The lowest BCUT2D eigenvalue weighted by Crippen LogP contribution is -2.36. The minimum atomic E-state index is 0.279. The molecule has 1 saturated heterocycles. The standard InChI is InChI=1S/C17H21N5O2/c1-2-24-17-15(13(18)4-6-21-17)16(19)12-3-5-20-14(11-12)22-7-9-23-10-8-22/h3-6,11,19H,2,7-10H2,1H3,(H2,18,21). The maximum absolute atomic E-state index is 8.57. The summed E-state index contributed by atoms with van der Waals surface area (Å²) in [5.41, 5.74) is 8.06. The van der Waals surface area contributed by atoms with E-state index in [1.807, 2.05) is 13.0 Å². The number of nitrogens with one attached hydrogen (secondary N) is 1. The van der Waals surface area contributed by atoms with Gasteiger partial charge in [-0.3, -0.25) is 5.41 Å². The molecule has 1 aliphatic rings. The molecule has 2 aromatic heterocycles. The minimum Gasteiger partial charge on any atom is -0.477 e. The van der Waals surface area contributed by atoms with Gasteiger partial charge in [-0.25, -0.2) is 9.97 Å². The van der Waals surface area contributed by atoms with Gasteiger partial charge in [0.25, 0.3) is 0 Å². The first-order valence-corrected chi connectivity index (χ1v) is 7.96. The van der Waals surface area contributed by atoms with E-state index in [2.05, 4.69) is 14.9 Å². The van der Waals surface area contributed by atoms with E-state index in [0.29, 0.717) is 37.0 Å². The van der Waals surface area contributed by atoms with Crippen LogP contribution >= 0.6 is 0 Å². The fourth-order valence-electron chi connectivity index (χ4n) is 2.64. The van der Waals surface area contributed by atoms with Gasteiger partial charge in [-0.1, -0.05) is 0 Å². The molecule has 1 fully saturated rings. The zero-order chi connectivity index (χ0) is 16.9. The number of nitrogens with two attached hydrogens (primary N) is 1. The molecular formula is C17H21N5O2. The molecule has 24 heavy (non-hydrogen) atoms. The number of nitrogen functional groups attached to an aromatic ring is 1. The lowest BCUT2D eigenvalue weighted by Gasteiger charge is -2.28.